The van der Waals surface area contributed by atoms with Gasteiger partial charge in [-0.3, -0.25) is 24.7 Å². The highest BCUT2D eigenvalue weighted by Gasteiger charge is 2.44. The molecule has 13 heteroatoms. The second-order valence-corrected chi connectivity index (χ2v) is 14.3. The molecule has 258 valence electrons. The van der Waals surface area contributed by atoms with Crippen LogP contribution in [-0.4, -0.2) is 102 Å². The van der Waals surface area contributed by atoms with Gasteiger partial charge in [0, 0.05) is 60.6 Å². The molecule has 2 aliphatic rings. The zero-order chi connectivity index (χ0) is 34.8. The number of aromatic nitrogens is 6. The number of benzene rings is 2. The quantitative estimate of drug-likeness (QED) is 0.171. The molecule has 0 unspecified atom stereocenters. The van der Waals surface area contributed by atoms with Crippen LogP contribution in [0.2, 0.25) is 0 Å². The highest BCUT2D eigenvalue weighted by molar-refractivity contribution is 8.00. The van der Waals surface area contributed by atoms with E-state index in [-0.39, 0.29) is 17.9 Å². The number of carbonyl (C=O) groups is 2. The Labute approximate surface area is 295 Å². The molecule has 1 atom stereocenters. The molecule has 0 radical (unpaired) electrons. The van der Waals surface area contributed by atoms with Crippen LogP contribution >= 0.6 is 11.8 Å². The molecule has 2 amide bonds. The van der Waals surface area contributed by atoms with Gasteiger partial charge < -0.3 is 15.0 Å². The smallest absolute Gasteiger partial charge is 0.241 e. The van der Waals surface area contributed by atoms with Gasteiger partial charge in [0.15, 0.2) is 5.82 Å². The summed E-state index contributed by atoms with van der Waals surface area (Å²) in [5.74, 6) is 2.06. The standard InChI is InChI=1S/C37H41N9O3S/c1-23(2)49-32-12-9-28(20-38-32)34-30-19-29(10-11-31(30)42-43-34)40-36(48)37(50-4)15-18-45(22-37)21-33(47)46-16-13-26(14-17-46)25-5-7-27(8-6-25)35-39-24(3)41-44-35/h5-13,19-20,23H,14-18,21-22H2,1-4H3,(H,40,48)(H,42,43)(H,39,41,44)/t37-/m0/s1. The minimum Gasteiger partial charge on any atom is -0.475 e. The second-order valence-electron chi connectivity index (χ2n) is 13.1. The van der Waals surface area contributed by atoms with Gasteiger partial charge in [0.2, 0.25) is 17.7 Å². The predicted molar refractivity (Wildman–Crippen MR) is 197 cm³/mol. The lowest BCUT2D eigenvalue weighted by molar-refractivity contribution is -0.132. The number of fused-ring (bicyclic) bond motifs is 1. The number of ether oxygens (including phenoxy) is 1. The Morgan fingerprint density at radius 2 is 1.82 bits per heavy atom. The van der Waals surface area contributed by atoms with E-state index in [9.17, 15) is 9.59 Å². The largest absolute Gasteiger partial charge is 0.475 e. The summed E-state index contributed by atoms with van der Waals surface area (Å²) in [6, 6.07) is 17.8. The minimum absolute atomic E-state index is 0.0377. The number of aryl methyl sites for hydroxylation is 1. The fraction of sp³-hybridized carbons (Fsp3) is 0.351. The van der Waals surface area contributed by atoms with E-state index in [2.05, 4.69) is 58.8 Å². The first-order valence-electron chi connectivity index (χ1n) is 16.9. The highest BCUT2D eigenvalue weighted by atomic mass is 32.2. The molecule has 3 N–H and O–H groups in total. The van der Waals surface area contributed by atoms with Crippen LogP contribution in [0.4, 0.5) is 5.69 Å². The molecule has 50 heavy (non-hydrogen) atoms. The third-order valence-corrected chi connectivity index (χ3v) is 10.6. The fourth-order valence-electron chi connectivity index (χ4n) is 6.58. The molecule has 2 aromatic carbocycles. The van der Waals surface area contributed by atoms with Gasteiger partial charge in [-0.2, -0.15) is 10.2 Å². The summed E-state index contributed by atoms with van der Waals surface area (Å²) in [5, 5.41) is 18.8. The van der Waals surface area contributed by atoms with E-state index in [0.29, 0.717) is 56.5 Å². The van der Waals surface area contributed by atoms with Crippen molar-refractivity contribution in [2.75, 3.05) is 44.3 Å². The molecule has 0 spiro atoms. The van der Waals surface area contributed by atoms with Crippen LogP contribution in [0, 0.1) is 6.92 Å². The Bertz CT molecular complexity index is 2040. The summed E-state index contributed by atoms with van der Waals surface area (Å²) in [7, 11) is 0. The van der Waals surface area contributed by atoms with E-state index < -0.39 is 4.75 Å². The minimum atomic E-state index is -0.657. The van der Waals surface area contributed by atoms with Gasteiger partial charge in [-0.05, 0) is 75.3 Å². The maximum atomic E-state index is 13.8. The number of anilines is 1. The number of H-pyrrole nitrogens is 2. The molecular weight excluding hydrogens is 651 g/mol. The van der Waals surface area contributed by atoms with E-state index in [1.807, 2.05) is 74.4 Å². The molecule has 2 aliphatic heterocycles. The maximum absolute atomic E-state index is 13.8. The number of rotatable bonds is 10. The van der Waals surface area contributed by atoms with E-state index in [1.165, 1.54) is 5.57 Å². The second kappa shape index (κ2) is 14.1. The number of amides is 2. The average molecular weight is 692 g/mol. The number of thioether (sulfide) groups is 1. The van der Waals surface area contributed by atoms with Crippen molar-refractivity contribution >= 4 is 45.7 Å². The molecular formula is C37H41N9O3S. The van der Waals surface area contributed by atoms with Crippen LogP contribution < -0.4 is 10.1 Å². The summed E-state index contributed by atoms with van der Waals surface area (Å²) in [4.78, 5) is 40.0. The van der Waals surface area contributed by atoms with Gasteiger partial charge in [-0.25, -0.2) is 9.97 Å². The molecule has 1 saturated heterocycles. The fourth-order valence-corrected chi connectivity index (χ4v) is 7.42. The zero-order valence-corrected chi connectivity index (χ0v) is 29.5. The summed E-state index contributed by atoms with van der Waals surface area (Å²) in [6.45, 7) is 8.53. The summed E-state index contributed by atoms with van der Waals surface area (Å²) in [5.41, 5.74) is 6.50. The zero-order valence-electron chi connectivity index (χ0n) is 28.7. The molecule has 5 heterocycles. The van der Waals surface area contributed by atoms with Crippen LogP contribution in [0.3, 0.4) is 0 Å². The number of hydrogen-bond donors (Lipinski definition) is 3. The summed E-state index contributed by atoms with van der Waals surface area (Å²) >= 11 is 1.55. The molecule has 0 saturated carbocycles. The van der Waals surface area contributed by atoms with Crippen molar-refractivity contribution in [3.05, 3.63) is 78.3 Å². The SMILES string of the molecule is CS[C@@]1(C(=O)Nc2ccc3[nH]nc(-c4ccc(OC(C)C)nc4)c3c2)CCN(CC(=O)N2CC=C(c3ccc(-c4n[nH]c(C)n4)cc3)CC2)C1. The van der Waals surface area contributed by atoms with E-state index >= 15 is 0 Å². The first-order chi connectivity index (χ1) is 24.2. The lowest BCUT2D eigenvalue weighted by Crippen LogP contribution is -2.45. The third kappa shape index (κ3) is 7.01. The number of carbonyl (C=O) groups excluding carboxylic acids is 2. The molecule has 12 nitrogen and oxygen atoms in total. The number of nitrogens with zero attached hydrogens (tertiary/aromatic N) is 6. The van der Waals surface area contributed by atoms with E-state index in [1.54, 1.807) is 18.0 Å². The Morgan fingerprint density at radius 3 is 2.50 bits per heavy atom. The predicted octanol–water partition coefficient (Wildman–Crippen LogP) is 5.57. The Kier molecular flexibility index (Phi) is 9.43. The first-order valence-corrected chi connectivity index (χ1v) is 18.1. The van der Waals surface area contributed by atoms with Crippen LogP contribution in [0.25, 0.3) is 39.1 Å². The number of likely N-dealkylation sites (tertiary alicyclic amines) is 1. The van der Waals surface area contributed by atoms with Crippen LogP contribution in [0.5, 0.6) is 5.88 Å². The summed E-state index contributed by atoms with van der Waals surface area (Å²) < 4.78 is 5.02. The van der Waals surface area contributed by atoms with Gasteiger partial charge in [0.1, 0.15) is 16.3 Å². The lowest BCUT2D eigenvalue weighted by atomic mass is 9.98. The topological polar surface area (TPSA) is 145 Å². The Balaban J connectivity index is 0.955. The van der Waals surface area contributed by atoms with Gasteiger partial charge in [0.05, 0.1) is 18.2 Å². The van der Waals surface area contributed by atoms with E-state index in [4.69, 9.17) is 4.74 Å². The van der Waals surface area contributed by atoms with Crippen LogP contribution in [-0.2, 0) is 9.59 Å². The number of pyridine rings is 1. The van der Waals surface area contributed by atoms with Crippen molar-refractivity contribution in [1.29, 1.82) is 0 Å². The normalized spacial score (nSPS) is 18.1. The van der Waals surface area contributed by atoms with Gasteiger partial charge >= 0.3 is 0 Å². The number of nitrogens with one attached hydrogen (secondary N) is 3. The monoisotopic (exact) mass is 691 g/mol. The van der Waals surface area contributed by atoms with Crippen molar-refractivity contribution in [2.45, 2.75) is 44.5 Å². The third-order valence-electron chi connectivity index (χ3n) is 9.33. The van der Waals surface area contributed by atoms with Gasteiger partial charge in [0.25, 0.3) is 0 Å². The van der Waals surface area contributed by atoms with Crippen molar-refractivity contribution in [1.82, 2.24) is 40.2 Å². The molecule has 0 bridgehead atoms. The molecule has 1 fully saturated rings. The van der Waals surface area contributed by atoms with Crippen LogP contribution in [0.15, 0.2) is 66.9 Å². The van der Waals surface area contributed by atoms with Crippen molar-refractivity contribution in [3.63, 3.8) is 0 Å². The number of aromatic amines is 2. The van der Waals surface area contributed by atoms with Crippen molar-refractivity contribution in [3.8, 4) is 28.5 Å². The molecule has 7 rings (SSSR count). The summed E-state index contributed by atoms with van der Waals surface area (Å²) in [6.07, 6.45) is 7.35. The Morgan fingerprint density at radius 1 is 1.02 bits per heavy atom. The molecule has 5 aromatic rings. The maximum Gasteiger partial charge on any atom is 0.241 e. The Hall–Kier alpha value is -5.01. The van der Waals surface area contributed by atoms with Crippen molar-refractivity contribution in [2.24, 2.45) is 0 Å². The molecule has 0 aliphatic carbocycles. The van der Waals surface area contributed by atoms with Gasteiger partial charge in [-0.15, -0.1) is 11.8 Å². The molecule has 3 aromatic heterocycles. The van der Waals surface area contributed by atoms with Crippen LogP contribution in [0.1, 0.15) is 38.1 Å². The average Bonchev–Trinajstić information content (AvgIpc) is 3.87. The highest BCUT2D eigenvalue weighted by Crippen LogP contribution is 2.36. The number of hydrogen-bond acceptors (Lipinski definition) is 9. The van der Waals surface area contributed by atoms with Crippen molar-refractivity contribution < 1.29 is 14.3 Å². The first kappa shape index (κ1) is 33.5. The lowest BCUT2D eigenvalue weighted by Gasteiger charge is -2.29. The van der Waals surface area contributed by atoms with E-state index in [0.717, 1.165) is 45.5 Å². The van der Waals surface area contributed by atoms with Gasteiger partial charge in [-0.1, -0.05) is 30.3 Å².